The fourth-order valence-corrected chi connectivity index (χ4v) is 8.01. The molecule has 0 heterocycles. The number of hydrogen-bond donors (Lipinski definition) is 0. The molecule has 0 aliphatic heterocycles. The second-order valence-electron chi connectivity index (χ2n) is 18.5. The summed E-state index contributed by atoms with van der Waals surface area (Å²) in [6.07, 6.45) is 61.3. The van der Waals surface area contributed by atoms with E-state index < -0.39 is 6.10 Å². The van der Waals surface area contributed by atoms with Crippen molar-refractivity contribution >= 4 is 17.9 Å². The van der Waals surface area contributed by atoms with Gasteiger partial charge in [0.2, 0.25) is 0 Å². The predicted octanol–water partition coefficient (Wildman–Crippen LogP) is 18.1. The molecule has 0 aromatic carbocycles. The molecule has 0 radical (unpaired) electrons. The topological polar surface area (TPSA) is 78.9 Å². The Morgan fingerprint density at radius 2 is 0.619 bits per heavy atom. The number of carbonyl (C=O) groups is 3. The number of hydrogen-bond acceptors (Lipinski definition) is 6. The molecule has 0 aromatic rings. The molecule has 368 valence electrons. The highest BCUT2D eigenvalue weighted by Crippen LogP contribution is 2.16. The van der Waals surface area contributed by atoms with Gasteiger partial charge < -0.3 is 14.2 Å². The highest BCUT2D eigenvalue weighted by Gasteiger charge is 2.19. The molecule has 6 heteroatoms. The summed E-state index contributed by atoms with van der Waals surface area (Å²) >= 11 is 0. The van der Waals surface area contributed by atoms with Gasteiger partial charge in [-0.2, -0.15) is 0 Å². The van der Waals surface area contributed by atoms with Crippen molar-refractivity contribution in [3.8, 4) is 0 Å². The predicted molar refractivity (Wildman–Crippen MR) is 270 cm³/mol. The lowest BCUT2D eigenvalue weighted by molar-refractivity contribution is -0.167. The Morgan fingerprint density at radius 1 is 0.333 bits per heavy atom. The molecule has 1 unspecified atom stereocenters. The van der Waals surface area contributed by atoms with Gasteiger partial charge in [-0.25, -0.2) is 0 Å². The van der Waals surface area contributed by atoms with Gasteiger partial charge in [0.25, 0.3) is 0 Å². The zero-order valence-electron chi connectivity index (χ0n) is 42.1. The molecule has 63 heavy (non-hydrogen) atoms. The van der Waals surface area contributed by atoms with E-state index in [1.807, 2.05) is 0 Å². The van der Waals surface area contributed by atoms with E-state index in [2.05, 4.69) is 57.2 Å². The Labute approximate surface area is 391 Å². The highest BCUT2D eigenvalue weighted by atomic mass is 16.6. The molecule has 0 aromatic heterocycles. The SMILES string of the molecule is CC/C=C\C/C=C\CCCCCCCCCC(=O)OC(COC(=O)CCCCCCCCC/C=C\CCCCCCCCCC)COC(=O)CCCCCCCCCCCCCC. The van der Waals surface area contributed by atoms with Gasteiger partial charge in [-0.1, -0.05) is 237 Å². The van der Waals surface area contributed by atoms with E-state index in [4.69, 9.17) is 14.2 Å². The Bertz CT molecular complexity index is 1060. The Morgan fingerprint density at radius 3 is 0.968 bits per heavy atom. The smallest absolute Gasteiger partial charge is 0.306 e. The summed E-state index contributed by atoms with van der Waals surface area (Å²) in [4.78, 5) is 38.0. The maximum atomic E-state index is 12.8. The molecular formula is C57H104O6. The molecule has 0 aliphatic carbocycles. The Balaban J connectivity index is 4.32. The number of allylic oxidation sites excluding steroid dienone is 6. The van der Waals surface area contributed by atoms with Crippen LogP contribution in [0.2, 0.25) is 0 Å². The molecule has 1 atom stereocenters. The van der Waals surface area contributed by atoms with Crippen molar-refractivity contribution in [2.24, 2.45) is 0 Å². The maximum absolute atomic E-state index is 12.8. The minimum Gasteiger partial charge on any atom is -0.462 e. The maximum Gasteiger partial charge on any atom is 0.306 e. The number of rotatable bonds is 50. The molecule has 0 amide bonds. The largest absolute Gasteiger partial charge is 0.462 e. The Hall–Kier alpha value is -2.37. The first kappa shape index (κ1) is 60.6. The first-order valence-corrected chi connectivity index (χ1v) is 27.5. The summed E-state index contributed by atoms with van der Waals surface area (Å²) in [5.74, 6) is -0.874. The summed E-state index contributed by atoms with van der Waals surface area (Å²) < 4.78 is 16.8. The first-order valence-electron chi connectivity index (χ1n) is 27.5. The van der Waals surface area contributed by atoms with Crippen LogP contribution in [0.25, 0.3) is 0 Å². The van der Waals surface area contributed by atoms with Gasteiger partial charge in [-0.05, 0) is 70.6 Å². The van der Waals surface area contributed by atoms with Crippen LogP contribution < -0.4 is 0 Å². The fraction of sp³-hybridized carbons (Fsp3) is 0.842. The van der Waals surface area contributed by atoms with Gasteiger partial charge in [0, 0.05) is 19.3 Å². The van der Waals surface area contributed by atoms with Crippen molar-refractivity contribution < 1.29 is 28.6 Å². The molecule has 0 spiro atoms. The van der Waals surface area contributed by atoms with Gasteiger partial charge in [-0.3, -0.25) is 14.4 Å². The molecule has 0 N–H and O–H groups in total. The van der Waals surface area contributed by atoms with Crippen LogP contribution in [0.1, 0.15) is 290 Å². The Kier molecular flexibility index (Phi) is 50.3. The van der Waals surface area contributed by atoms with Crippen molar-refractivity contribution in [3.05, 3.63) is 36.5 Å². The molecule has 0 rings (SSSR count). The molecular weight excluding hydrogens is 781 g/mol. The average Bonchev–Trinajstić information content (AvgIpc) is 3.28. The summed E-state index contributed by atoms with van der Waals surface area (Å²) in [7, 11) is 0. The van der Waals surface area contributed by atoms with Gasteiger partial charge >= 0.3 is 17.9 Å². The lowest BCUT2D eigenvalue weighted by Crippen LogP contribution is -2.30. The minimum absolute atomic E-state index is 0.0736. The van der Waals surface area contributed by atoms with Crippen molar-refractivity contribution in [2.75, 3.05) is 13.2 Å². The van der Waals surface area contributed by atoms with Gasteiger partial charge in [0.1, 0.15) is 13.2 Å². The van der Waals surface area contributed by atoms with Crippen molar-refractivity contribution in [3.63, 3.8) is 0 Å². The third-order valence-corrected chi connectivity index (χ3v) is 12.1. The van der Waals surface area contributed by atoms with E-state index in [1.165, 1.54) is 173 Å². The van der Waals surface area contributed by atoms with Crippen LogP contribution in [0.3, 0.4) is 0 Å². The third kappa shape index (κ3) is 50.5. The number of esters is 3. The fourth-order valence-electron chi connectivity index (χ4n) is 8.01. The summed E-state index contributed by atoms with van der Waals surface area (Å²) in [5.41, 5.74) is 0. The van der Waals surface area contributed by atoms with E-state index >= 15 is 0 Å². The van der Waals surface area contributed by atoms with E-state index in [1.54, 1.807) is 0 Å². The second kappa shape index (κ2) is 52.3. The standard InChI is InChI=1S/C57H104O6/c1-4-7-10-13-16-19-22-25-27-28-29-30-31-33-35-38-41-44-47-50-56(59)62-53-54(52-61-55(58)49-46-43-40-37-34-24-21-18-15-12-9-6-3)63-57(60)51-48-45-42-39-36-32-26-23-20-17-14-11-8-5-2/h8,11,17,20,28-29,54H,4-7,9-10,12-16,18-19,21-27,30-53H2,1-3H3/b11-8-,20-17-,29-28-. The van der Waals surface area contributed by atoms with E-state index in [-0.39, 0.29) is 31.1 Å². The summed E-state index contributed by atoms with van der Waals surface area (Å²) in [5, 5.41) is 0. The normalized spacial score (nSPS) is 12.2. The molecule has 6 nitrogen and oxygen atoms in total. The highest BCUT2D eigenvalue weighted by molar-refractivity contribution is 5.71. The third-order valence-electron chi connectivity index (χ3n) is 12.1. The molecule has 0 saturated heterocycles. The molecule has 0 fully saturated rings. The van der Waals surface area contributed by atoms with Crippen LogP contribution in [-0.2, 0) is 28.6 Å². The van der Waals surface area contributed by atoms with Crippen molar-refractivity contribution in [1.82, 2.24) is 0 Å². The second-order valence-corrected chi connectivity index (χ2v) is 18.5. The zero-order valence-corrected chi connectivity index (χ0v) is 42.1. The number of ether oxygens (including phenoxy) is 3. The van der Waals surface area contributed by atoms with Crippen LogP contribution in [0, 0.1) is 0 Å². The van der Waals surface area contributed by atoms with Crippen LogP contribution >= 0.6 is 0 Å². The minimum atomic E-state index is -0.774. The van der Waals surface area contributed by atoms with Crippen LogP contribution in [0.5, 0.6) is 0 Å². The van der Waals surface area contributed by atoms with Gasteiger partial charge in [-0.15, -0.1) is 0 Å². The first-order chi connectivity index (χ1) is 31.0. The van der Waals surface area contributed by atoms with Crippen molar-refractivity contribution in [1.29, 1.82) is 0 Å². The van der Waals surface area contributed by atoms with Crippen LogP contribution in [0.15, 0.2) is 36.5 Å². The zero-order chi connectivity index (χ0) is 45.8. The van der Waals surface area contributed by atoms with Gasteiger partial charge in [0.15, 0.2) is 6.10 Å². The number of carbonyl (C=O) groups excluding carboxylic acids is 3. The quantitative estimate of drug-likeness (QED) is 0.0262. The summed E-state index contributed by atoms with van der Waals surface area (Å²) in [6.45, 7) is 6.55. The number of unbranched alkanes of at least 4 members (excludes halogenated alkanes) is 33. The lowest BCUT2D eigenvalue weighted by atomic mass is 10.0. The van der Waals surface area contributed by atoms with Crippen LogP contribution in [0.4, 0.5) is 0 Å². The monoisotopic (exact) mass is 885 g/mol. The lowest BCUT2D eigenvalue weighted by Gasteiger charge is -2.18. The summed E-state index contributed by atoms with van der Waals surface area (Å²) in [6, 6.07) is 0. The molecule has 0 aliphatic rings. The van der Waals surface area contributed by atoms with Gasteiger partial charge in [0.05, 0.1) is 0 Å². The van der Waals surface area contributed by atoms with Crippen molar-refractivity contribution in [2.45, 2.75) is 297 Å². The average molecular weight is 885 g/mol. The molecule has 0 saturated carbocycles. The van der Waals surface area contributed by atoms with E-state index in [0.717, 1.165) is 77.0 Å². The van der Waals surface area contributed by atoms with E-state index in [9.17, 15) is 14.4 Å². The van der Waals surface area contributed by atoms with Crippen LogP contribution in [-0.4, -0.2) is 37.2 Å². The van der Waals surface area contributed by atoms with E-state index in [0.29, 0.717) is 19.3 Å². The molecule has 0 bridgehead atoms.